The van der Waals surface area contributed by atoms with Crippen LogP contribution >= 0.6 is 0 Å². The Balaban J connectivity index is 2.52. The number of imide groups is 1. The Hall–Kier alpha value is -2.19. The van der Waals surface area contributed by atoms with Gasteiger partial charge in [0.2, 0.25) is 11.8 Å². The van der Waals surface area contributed by atoms with E-state index >= 15 is 0 Å². The van der Waals surface area contributed by atoms with Gasteiger partial charge in [-0.2, -0.15) is 0 Å². The smallest absolute Gasteiger partial charge is 0.226 e. The Labute approximate surface area is 175 Å². The van der Waals surface area contributed by atoms with Gasteiger partial charge in [-0.15, -0.1) is 11.8 Å². The SMILES string of the molecule is CC#CCC(C)[C@H](O)C=C[C@H]1[C@H](C)CC(=O)[C@@H]1CC=CCCCC(=O)NC(C)=O. The third-order valence-electron chi connectivity index (χ3n) is 5.42. The number of amides is 2. The molecule has 29 heavy (non-hydrogen) atoms. The van der Waals surface area contributed by atoms with E-state index < -0.39 is 6.10 Å². The molecule has 160 valence electrons. The summed E-state index contributed by atoms with van der Waals surface area (Å²) in [6.07, 6.45) is 10.9. The molecule has 1 aliphatic carbocycles. The van der Waals surface area contributed by atoms with E-state index in [1.807, 2.05) is 31.2 Å². The van der Waals surface area contributed by atoms with Crippen LogP contribution in [-0.4, -0.2) is 28.8 Å². The maximum absolute atomic E-state index is 12.4. The summed E-state index contributed by atoms with van der Waals surface area (Å²) in [6.45, 7) is 7.17. The van der Waals surface area contributed by atoms with E-state index in [0.29, 0.717) is 32.1 Å². The number of carbonyl (C=O) groups is 3. The minimum Gasteiger partial charge on any atom is -0.389 e. The Morgan fingerprint density at radius 1 is 1.34 bits per heavy atom. The zero-order valence-electron chi connectivity index (χ0n) is 18.1. The van der Waals surface area contributed by atoms with Crippen molar-refractivity contribution in [2.75, 3.05) is 0 Å². The minimum absolute atomic E-state index is 0.0588. The van der Waals surface area contributed by atoms with Crippen LogP contribution in [0.5, 0.6) is 0 Å². The fourth-order valence-corrected chi connectivity index (χ4v) is 3.64. The molecule has 0 spiro atoms. The van der Waals surface area contributed by atoms with E-state index in [2.05, 4.69) is 24.1 Å². The molecule has 2 amide bonds. The number of rotatable bonds is 10. The molecule has 1 aliphatic rings. The quantitative estimate of drug-likeness (QED) is 0.333. The van der Waals surface area contributed by atoms with Crippen LogP contribution < -0.4 is 5.32 Å². The number of hydrogen-bond donors (Lipinski definition) is 2. The molecule has 1 fully saturated rings. The molecule has 0 aromatic heterocycles. The average molecular weight is 402 g/mol. The van der Waals surface area contributed by atoms with Crippen molar-refractivity contribution in [2.24, 2.45) is 23.7 Å². The molecule has 0 bridgehead atoms. The molecule has 1 unspecified atom stereocenters. The summed E-state index contributed by atoms with van der Waals surface area (Å²) < 4.78 is 0. The normalized spacial score (nSPS) is 23.8. The molecule has 0 radical (unpaired) electrons. The van der Waals surface area contributed by atoms with E-state index in [1.165, 1.54) is 6.92 Å². The van der Waals surface area contributed by atoms with Crippen LogP contribution in [0.25, 0.3) is 0 Å². The van der Waals surface area contributed by atoms with E-state index in [9.17, 15) is 19.5 Å². The minimum atomic E-state index is -0.559. The number of unbranched alkanes of at least 4 members (excludes halogenated alkanes) is 1. The van der Waals surface area contributed by atoms with Gasteiger partial charge in [-0.05, 0) is 43.9 Å². The van der Waals surface area contributed by atoms with Crippen molar-refractivity contribution in [3.8, 4) is 11.8 Å². The summed E-state index contributed by atoms with van der Waals surface area (Å²) in [7, 11) is 0. The monoisotopic (exact) mass is 401 g/mol. The first kappa shape index (κ1) is 24.8. The second kappa shape index (κ2) is 13.1. The molecule has 2 N–H and O–H groups in total. The van der Waals surface area contributed by atoms with Gasteiger partial charge in [-0.3, -0.25) is 19.7 Å². The fraction of sp³-hybridized carbons (Fsp3) is 0.625. The van der Waals surface area contributed by atoms with Crippen molar-refractivity contribution in [1.82, 2.24) is 5.32 Å². The van der Waals surface area contributed by atoms with Gasteiger partial charge in [0.25, 0.3) is 0 Å². The summed E-state index contributed by atoms with van der Waals surface area (Å²) in [6, 6.07) is 0. The van der Waals surface area contributed by atoms with Crippen molar-refractivity contribution < 1.29 is 19.5 Å². The van der Waals surface area contributed by atoms with Gasteiger partial charge in [0, 0.05) is 32.1 Å². The number of hydrogen-bond acceptors (Lipinski definition) is 4. The van der Waals surface area contributed by atoms with E-state index in [-0.39, 0.29) is 41.3 Å². The van der Waals surface area contributed by atoms with Crippen LogP contribution in [0.2, 0.25) is 0 Å². The molecule has 0 aliphatic heterocycles. The largest absolute Gasteiger partial charge is 0.389 e. The van der Waals surface area contributed by atoms with Gasteiger partial charge >= 0.3 is 0 Å². The number of aliphatic hydroxyl groups is 1. The lowest BCUT2D eigenvalue weighted by Gasteiger charge is -2.19. The topological polar surface area (TPSA) is 83.5 Å². The lowest BCUT2D eigenvalue weighted by molar-refractivity contribution is -0.129. The van der Waals surface area contributed by atoms with Crippen LogP contribution in [-0.2, 0) is 14.4 Å². The predicted molar refractivity (Wildman–Crippen MR) is 115 cm³/mol. The van der Waals surface area contributed by atoms with Crippen molar-refractivity contribution in [1.29, 1.82) is 0 Å². The number of carbonyl (C=O) groups excluding carboxylic acids is 3. The molecule has 0 aromatic rings. The molecule has 5 nitrogen and oxygen atoms in total. The summed E-state index contributed by atoms with van der Waals surface area (Å²) in [5.41, 5.74) is 0. The van der Waals surface area contributed by atoms with E-state index in [1.54, 1.807) is 6.92 Å². The summed E-state index contributed by atoms with van der Waals surface area (Å²) in [5, 5.41) is 12.6. The number of ketones is 1. The number of nitrogens with one attached hydrogen (secondary N) is 1. The molecule has 0 saturated heterocycles. The predicted octanol–water partition coefficient (Wildman–Crippen LogP) is 3.57. The van der Waals surface area contributed by atoms with E-state index in [0.717, 1.165) is 6.42 Å². The molecule has 0 aromatic carbocycles. The van der Waals surface area contributed by atoms with Gasteiger partial charge in [0.15, 0.2) is 0 Å². The molecule has 5 heteroatoms. The van der Waals surface area contributed by atoms with Gasteiger partial charge in [0.05, 0.1) is 6.10 Å². The van der Waals surface area contributed by atoms with Crippen molar-refractivity contribution in [3.05, 3.63) is 24.3 Å². The number of allylic oxidation sites excluding steroid dienone is 3. The van der Waals surface area contributed by atoms with Gasteiger partial charge < -0.3 is 5.11 Å². The maximum Gasteiger partial charge on any atom is 0.226 e. The highest BCUT2D eigenvalue weighted by Crippen LogP contribution is 2.37. The molecular weight excluding hydrogens is 366 g/mol. The van der Waals surface area contributed by atoms with Crippen LogP contribution in [0.1, 0.15) is 66.2 Å². The lowest BCUT2D eigenvalue weighted by Crippen LogP contribution is -2.27. The highest BCUT2D eigenvalue weighted by atomic mass is 16.3. The standard InChI is InChI=1S/C24H35NO4/c1-5-6-11-17(2)22(27)15-14-20-18(3)16-23(28)21(20)12-9-7-8-10-13-24(29)25-19(4)26/h7,9,14-15,17-18,20-22,27H,8,10-13,16H2,1-4H3,(H,25,26,29)/t17?,18-,20+,21-,22-/m1/s1. The maximum atomic E-state index is 12.4. The van der Waals surface area contributed by atoms with Gasteiger partial charge in [0.1, 0.15) is 5.78 Å². The zero-order chi connectivity index (χ0) is 21.8. The zero-order valence-corrected chi connectivity index (χ0v) is 18.1. The molecule has 1 saturated carbocycles. The Kier molecular flexibility index (Phi) is 11.2. The third-order valence-corrected chi connectivity index (χ3v) is 5.42. The number of aliphatic hydroxyl groups excluding tert-OH is 1. The second-order valence-corrected chi connectivity index (χ2v) is 8.02. The average Bonchev–Trinajstić information content (AvgIpc) is 2.92. The van der Waals surface area contributed by atoms with Crippen LogP contribution in [0.15, 0.2) is 24.3 Å². The fourth-order valence-electron chi connectivity index (χ4n) is 3.64. The molecule has 1 rings (SSSR count). The van der Waals surface area contributed by atoms with Crippen molar-refractivity contribution in [2.45, 2.75) is 72.3 Å². The Bertz CT molecular complexity index is 683. The molecular formula is C24H35NO4. The van der Waals surface area contributed by atoms with Gasteiger partial charge in [-0.1, -0.05) is 38.2 Å². The Morgan fingerprint density at radius 2 is 2.07 bits per heavy atom. The van der Waals surface area contributed by atoms with Gasteiger partial charge in [-0.25, -0.2) is 0 Å². The van der Waals surface area contributed by atoms with Crippen LogP contribution in [0.3, 0.4) is 0 Å². The summed E-state index contributed by atoms with van der Waals surface area (Å²) >= 11 is 0. The summed E-state index contributed by atoms with van der Waals surface area (Å²) in [5.74, 6) is 5.93. The first-order valence-corrected chi connectivity index (χ1v) is 10.5. The highest BCUT2D eigenvalue weighted by molar-refractivity contribution is 5.93. The van der Waals surface area contributed by atoms with Crippen LogP contribution in [0.4, 0.5) is 0 Å². The van der Waals surface area contributed by atoms with E-state index in [4.69, 9.17) is 0 Å². The van der Waals surface area contributed by atoms with Crippen molar-refractivity contribution >= 4 is 17.6 Å². The molecule has 0 heterocycles. The number of Topliss-reactive ketones (excluding diaryl/α,β-unsaturated/α-hetero) is 1. The van der Waals surface area contributed by atoms with Crippen molar-refractivity contribution in [3.63, 3.8) is 0 Å². The highest BCUT2D eigenvalue weighted by Gasteiger charge is 2.37. The Morgan fingerprint density at radius 3 is 2.72 bits per heavy atom. The third kappa shape index (κ3) is 9.23. The summed E-state index contributed by atoms with van der Waals surface area (Å²) in [4.78, 5) is 34.6. The molecule has 5 atom stereocenters. The second-order valence-electron chi connectivity index (χ2n) is 8.02. The lowest BCUT2D eigenvalue weighted by atomic mass is 9.86. The van der Waals surface area contributed by atoms with Crippen LogP contribution in [0, 0.1) is 35.5 Å². The first-order valence-electron chi connectivity index (χ1n) is 10.5. The first-order chi connectivity index (χ1) is 13.8.